The number of nitrogens with one attached hydrogen (secondary N) is 2. The van der Waals surface area contributed by atoms with Crippen LogP contribution in [-0.4, -0.2) is 34.1 Å². The molecule has 1 atom stereocenters. The van der Waals surface area contributed by atoms with E-state index in [0.29, 0.717) is 28.5 Å². The van der Waals surface area contributed by atoms with E-state index in [-0.39, 0.29) is 24.6 Å². The van der Waals surface area contributed by atoms with Gasteiger partial charge < -0.3 is 20.2 Å². The zero-order chi connectivity index (χ0) is 23.3. The number of oxazole rings is 1. The first-order valence-corrected chi connectivity index (χ1v) is 9.98. The Balaban J connectivity index is 1.75. The lowest BCUT2D eigenvalue weighted by Crippen LogP contribution is -2.27. The number of carbonyl (C=O) groups excluding carboxylic acids is 1. The summed E-state index contributed by atoms with van der Waals surface area (Å²) in [5, 5.41) is 14.6. The van der Waals surface area contributed by atoms with Crippen molar-refractivity contribution in [2.24, 2.45) is 0 Å². The number of hydrogen-bond donors (Lipinski definition) is 3. The summed E-state index contributed by atoms with van der Waals surface area (Å²) in [5.41, 5.74) is 0.902. The molecule has 0 saturated carbocycles. The van der Waals surface area contributed by atoms with Gasteiger partial charge in [0.05, 0.1) is 19.1 Å². The Morgan fingerprint density at radius 3 is 2.69 bits per heavy atom. The number of carbonyl (C=O) groups is 1. The van der Waals surface area contributed by atoms with Crippen molar-refractivity contribution in [1.82, 2.24) is 15.3 Å². The number of aromatic nitrogens is 2. The maximum absolute atomic E-state index is 13.1. The van der Waals surface area contributed by atoms with Crippen LogP contribution in [0.1, 0.15) is 30.1 Å². The van der Waals surface area contributed by atoms with E-state index in [9.17, 15) is 18.0 Å². The van der Waals surface area contributed by atoms with Gasteiger partial charge in [-0.3, -0.25) is 4.79 Å². The second kappa shape index (κ2) is 10.0. The van der Waals surface area contributed by atoms with Crippen LogP contribution in [0.5, 0.6) is 0 Å². The number of anilines is 1. The number of hydrogen-bond acceptors (Lipinski definition) is 6. The molecule has 0 spiro atoms. The molecule has 0 aliphatic carbocycles. The predicted octanol–water partition coefficient (Wildman–Crippen LogP) is 4.23. The largest absolute Gasteiger partial charge is 0.468 e. The molecular weight excluding hydrogens is 449 g/mol. The Bertz CT molecular complexity index is 1070. The number of rotatable bonds is 8. The molecule has 1 amide bonds. The summed E-state index contributed by atoms with van der Waals surface area (Å²) in [6, 6.07) is 9.54. The lowest BCUT2D eigenvalue weighted by molar-refractivity contribution is -0.157. The van der Waals surface area contributed by atoms with Gasteiger partial charge in [0.1, 0.15) is 11.5 Å². The van der Waals surface area contributed by atoms with E-state index in [1.807, 2.05) is 0 Å². The Morgan fingerprint density at radius 1 is 1.28 bits per heavy atom. The molecule has 1 aromatic carbocycles. The molecule has 0 saturated heterocycles. The van der Waals surface area contributed by atoms with E-state index in [1.54, 1.807) is 37.3 Å². The fraction of sp³-hybridized carbons (Fsp3) is 0.286. The summed E-state index contributed by atoms with van der Waals surface area (Å²) in [6.45, 7) is 1.65. The van der Waals surface area contributed by atoms with Crippen molar-refractivity contribution >= 4 is 23.3 Å². The molecule has 0 fully saturated rings. The van der Waals surface area contributed by atoms with Gasteiger partial charge in [-0.25, -0.2) is 9.97 Å². The van der Waals surface area contributed by atoms with Crippen LogP contribution in [0, 0.1) is 0 Å². The normalized spacial score (nSPS) is 12.4. The van der Waals surface area contributed by atoms with Gasteiger partial charge in [0.25, 0.3) is 0 Å². The average Bonchev–Trinajstić information content (AvgIpc) is 3.21. The molecule has 32 heavy (non-hydrogen) atoms. The minimum absolute atomic E-state index is 0.0445. The van der Waals surface area contributed by atoms with Crippen molar-refractivity contribution in [2.45, 2.75) is 25.6 Å². The van der Waals surface area contributed by atoms with Crippen LogP contribution >= 0.6 is 11.6 Å². The molecule has 0 aliphatic rings. The molecule has 170 valence electrons. The van der Waals surface area contributed by atoms with Crippen LogP contribution in [0.15, 0.2) is 47.0 Å². The molecule has 3 aromatic rings. The molecule has 2 heterocycles. The van der Waals surface area contributed by atoms with Crippen molar-refractivity contribution in [2.75, 3.05) is 18.5 Å². The van der Waals surface area contributed by atoms with Gasteiger partial charge in [-0.15, -0.1) is 0 Å². The number of nitrogens with zero attached hydrogens (tertiary/aromatic N) is 2. The van der Waals surface area contributed by atoms with Crippen LogP contribution in [0.2, 0.25) is 5.02 Å². The molecule has 3 rings (SSSR count). The molecule has 2 aromatic heterocycles. The fourth-order valence-corrected chi connectivity index (χ4v) is 3.07. The maximum atomic E-state index is 13.1. The van der Waals surface area contributed by atoms with E-state index in [0.717, 1.165) is 0 Å². The molecule has 11 heteroatoms. The Kier molecular flexibility index (Phi) is 7.37. The molecule has 7 nitrogen and oxygen atoms in total. The molecular formula is C21H20ClF3N4O3. The number of benzene rings is 1. The number of pyridine rings is 1. The topological polar surface area (TPSA) is 100 Å². The molecule has 3 N–H and O–H groups in total. The van der Waals surface area contributed by atoms with Crippen LogP contribution in [-0.2, 0) is 17.5 Å². The summed E-state index contributed by atoms with van der Waals surface area (Å²) < 4.78 is 44.3. The van der Waals surface area contributed by atoms with Gasteiger partial charge in [-0.2, -0.15) is 13.2 Å². The zero-order valence-corrected chi connectivity index (χ0v) is 17.7. The van der Waals surface area contributed by atoms with Crippen molar-refractivity contribution in [3.05, 3.63) is 64.8 Å². The van der Waals surface area contributed by atoms with E-state index >= 15 is 0 Å². The number of alkyl halides is 3. The monoisotopic (exact) mass is 468 g/mol. The van der Waals surface area contributed by atoms with Crippen LogP contribution in [0.25, 0.3) is 11.3 Å². The van der Waals surface area contributed by atoms with E-state index in [2.05, 4.69) is 20.6 Å². The first kappa shape index (κ1) is 23.6. The van der Waals surface area contributed by atoms with Gasteiger partial charge in [0.2, 0.25) is 5.91 Å². The third kappa shape index (κ3) is 5.77. The van der Waals surface area contributed by atoms with Crippen molar-refractivity contribution < 1.29 is 27.5 Å². The highest BCUT2D eigenvalue weighted by molar-refractivity contribution is 6.30. The number of amides is 1. The minimum atomic E-state index is -4.78. The van der Waals surface area contributed by atoms with Crippen LogP contribution in [0.3, 0.4) is 0 Å². The van der Waals surface area contributed by atoms with Gasteiger partial charge in [-0.05, 0) is 30.7 Å². The van der Waals surface area contributed by atoms with Crippen LogP contribution < -0.4 is 10.6 Å². The quantitative estimate of drug-likeness (QED) is 0.457. The standard InChI is InChI=1S/C21H20ClF3N4O3/c1-12(14-5-6-17(27-10-14)26-7-8-30)19(31)28-11-16-18(13-3-2-4-15(22)9-13)29-20(32-16)21(23,24)25/h2-6,9-10,12,30H,7-8,11H2,1H3,(H,26,27)(H,28,31). The lowest BCUT2D eigenvalue weighted by atomic mass is 10.0. The zero-order valence-electron chi connectivity index (χ0n) is 16.9. The summed E-state index contributed by atoms with van der Waals surface area (Å²) in [6.07, 6.45) is -3.27. The van der Waals surface area contributed by atoms with E-state index < -0.39 is 23.9 Å². The molecule has 0 radical (unpaired) electrons. The Labute approximate surface area is 186 Å². The molecule has 0 aliphatic heterocycles. The van der Waals surface area contributed by atoms with Gasteiger partial charge in [0, 0.05) is 23.3 Å². The SMILES string of the molecule is CC(C(=O)NCc1oc(C(F)(F)F)nc1-c1cccc(Cl)c1)c1ccc(NCCO)nc1. The van der Waals surface area contributed by atoms with Gasteiger partial charge in [-0.1, -0.05) is 29.8 Å². The first-order chi connectivity index (χ1) is 15.2. The first-order valence-electron chi connectivity index (χ1n) is 9.60. The number of aliphatic hydroxyl groups is 1. The average molecular weight is 469 g/mol. The number of halogens is 4. The highest BCUT2D eigenvalue weighted by atomic mass is 35.5. The second-order valence-corrected chi connectivity index (χ2v) is 7.30. The summed E-state index contributed by atoms with van der Waals surface area (Å²) in [7, 11) is 0. The Morgan fingerprint density at radius 2 is 2.06 bits per heavy atom. The summed E-state index contributed by atoms with van der Waals surface area (Å²) >= 11 is 5.95. The van der Waals surface area contributed by atoms with Crippen molar-refractivity contribution in [3.8, 4) is 11.3 Å². The Hall–Kier alpha value is -3.11. The highest BCUT2D eigenvalue weighted by Crippen LogP contribution is 2.34. The second-order valence-electron chi connectivity index (χ2n) is 6.87. The van der Waals surface area contributed by atoms with E-state index in [4.69, 9.17) is 21.1 Å². The molecule has 1 unspecified atom stereocenters. The lowest BCUT2D eigenvalue weighted by Gasteiger charge is -2.13. The number of aliphatic hydroxyl groups excluding tert-OH is 1. The maximum Gasteiger partial charge on any atom is 0.468 e. The highest BCUT2D eigenvalue weighted by Gasteiger charge is 2.38. The smallest absolute Gasteiger partial charge is 0.435 e. The van der Waals surface area contributed by atoms with Crippen molar-refractivity contribution in [1.29, 1.82) is 0 Å². The van der Waals surface area contributed by atoms with E-state index in [1.165, 1.54) is 12.3 Å². The minimum Gasteiger partial charge on any atom is -0.435 e. The fourth-order valence-electron chi connectivity index (χ4n) is 2.88. The van der Waals surface area contributed by atoms with Crippen LogP contribution in [0.4, 0.5) is 19.0 Å². The predicted molar refractivity (Wildman–Crippen MR) is 112 cm³/mol. The third-order valence-electron chi connectivity index (χ3n) is 4.56. The van der Waals surface area contributed by atoms with Crippen molar-refractivity contribution in [3.63, 3.8) is 0 Å². The summed E-state index contributed by atoms with van der Waals surface area (Å²) in [5.74, 6) is -2.04. The third-order valence-corrected chi connectivity index (χ3v) is 4.79. The summed E-state index contributed by atoms with van der Waals surface area (Å²) in [4.78, 5) is 20.3. The molecule has 0 bridgehead atoms. The van der Waals surface area contributed by atoms with Gasteiger partial charge >= 0.3 is 12.1 Å². The van der Waals surface area contributed by atoms with Gasteiger partial charge in [0.15, 0.2) is 5.76 Å².